The molecule has 2 aromatic rings. The Hall–Kier alpha value is -3.74. The summed E-state index contributed by atoms with van der Waals surface area (Å²) in [6, 6.07) is 5.05. The fraction of sp³-hybridized carbons (Fsp3) is 0.440. The Balaban J connectivity index is 2.64. The second-order valence-corrected chi connectivity index (χ2v) is 11.0. The second kappa shape index (κ2) is 11.8. The molecule has 12 nitrogen and oxygen atoms in total. The first-order valence-electron chi connectivity index (χ1n) is 11.4. The highest BCUT2D eigenvalue weighted by Gasteiger charge is 2.36. The zero-order valence-corrected chi connectivity index (χ0v) is 23.9. The van der Waals surface area contributed by atoms with Crippen LogP contribution in [0.15, 0.2) is 34.9 Å². The first-order valence-corrected chi connectivity index (χ1v) is 12.2. The van der Waals surface area contributed by atoms with Gasteiger partial charge in [0.15, 0.2) is 11.6 Å². The van der Waals surface area contributed by atoms with Crippen molar-refractivity contribution in [3.63, 3.8) is 0 Å². The van der Waals surface area contributed by atoms with Crippen molar-refractivity contribution in [1.82, 2.24) is 4.98 Å². The molecule has 1 aromatic carbocycles. The van der Waals surface area contributed by atoms with E-state index in [4.69, 9.17) is 18.9 Å². The summed E-state index contributed by atoms with van der Waals surface area (Å²) in [7, 11) is 1.18. The molecule has 38 heavy (non-hydrogen) atoms. The van der Waals surface area contributed by atoms with Crippen molar-refractivity contribution in [3.8, 4) is 5.75 Å². The molecule has 1 atom stereocenters. The van der Waals surface area contributed by atoms with Crippen molar-refractivity contribution in [2.45, 2.75) is 65.8 Å². The molecule has 206 valence electrons. The summed E-state index contributed by atoms with van der Waals surface area (Å²) in [4.78, 5) is 54.2. The van der Waals surface area contributed by atoms with Gasteiger partial charge in [0, 0.05) is 28.4 Å². The third-order valence-electron chi connectivity index (χ3n) is 4.56. The average Bonchev–Trinajstić information content (AvgIpc) is 2.77. The van der Waals surface area contributed by atoms with Gasteiger partial charge in [0.2, 0.25) is 0 Å². The molecule has 1 unspecified atom stereocenters. The van der Waals surface area contributed by atoms with Crippen molar-refractivity contribution >= 4 is 45.6 Å². The van der Waals surface area contributed by atoms with Gasteiger partial charge in [-0.25, -0.2) is 19.4 Å². The van der Waals surface area contributed by atoms with Crippen LogP contribution in [0.3, 0.4) is 0 Å². The normalized spacial score (nSPS) is 12.2. The minimum absolute atomic E-state index is 0.0336. The molecular formula is C25H30BrN3O9. The first-order chi connectivity index (χ1) is 17.4. The number of carbonyl (C=O) groups is 3. The molecule has 2 amide bonds. The van der Waals surface area contributed by atoms with Gasteiger partial charge in [-0.05, 0) is 76.5 Å². The summed E-state index contributed by atoms with van der Waals surface area (Å²) in [6.45, 7) is 11.3. The third kappa shape index (κ3) is 8.13. The van der Waals surface area contributed by atoms with Crippen LogP contribution in [0.5, 0.6) is 5.75 Å². The van der Waals surface area contributed by atoms with Gasteiger partial charge in [-0.2, -0.15) is 4.90 Å². The summed E-state index contributed by atoms with van der Waals surface area (Å²) in [5.74, 6) is -1.07. The zero-order valence-electron chi connectivity index (χ0n) is 22.4. The van der Waals surface area contributed by atoms with Crippen LogP contribution in [-0.2, 0) is 14.2 Å². The number of anilines is 1. The highest BCUT2D eigenvalue weighted by Crippen LogP contribution is 2.36. The predicted molar refractivity (Wildman–Crippen MR) is 140 cm³/mol. The number of halogens is 1. The summed E-state index contributed by atoms with van der Waals surface area (Å²) >= 11 is 3.29. The summed E-state index contributed by atoms with van der Waals surface area (Å²) in [5, 5.41) is 11.4. The van der Waals surface area contributed by atoms with Gasteiger partial charge >= 0.3 is 18.2 Å². The molecular weight excluding hydrogens is 566 g/mol. The number of non-ortho nitro benzene ring substituents is 1. The van der Waals surface area contributed by atoms with Crippen LogP contribution in [0.4, 0.5) is 21.1 Å². The molecule has 0 saturated heterocycles. The Morgan fingerprint density at radius 1 is 1.03 bits per heavy atom. The van der Waals surface area contributed by atoms with E-state index in [0.29, 0.717) is 9.37 Å². The Labute approximate surface area is 228 Å². The lowest BCUT2D eigenvalue weighted by Crippen LogP contribution is -2.44. The number of esters is 1. The van der Waals surface area contributed by atoms with Gasteiger partial charge < -0.3 is 18.9 Å². The number of hydrogen-bond acceptors (Lipinski definition) is 10. The lowest BCUT2D eigenvalue weighted by molar-refractivity contribution is -0.385. The first kappa shape index (κ1) is 30.5. The van der Waals surface area contributed by atoms with Gasteiger partial charge in [-0.1, -0.05) is 0 Å². The number of nitro groups is 1. The monoisotopic (exact) mass is 595 g/mol. The highest BCUT2D eigenvalue weighted by molar-refractivity contribution is 9.10. The van der Waals surface area contributed by atoms with E-state index in [-0.39, 0.29) is 28.4 Å². The van der Waals surface area contributed by atoms with E-state index < -0.39 is 40.4 Å². The molecule has 0 spiro atoms. The molecule has 0 N–H and O–H groups in total. The Bertz CT molecular complexity index is 1210. The number of carbonyl (C=O) groups excluding carboxylic acids is 3. The van der Waals surface area contributed by atoms with Crippen LogP contribution in [0.1, 0.15) is 70.5 Å². The molecule has 0 radical (unpaired) electrons. The van der Waals surface area contributed by atoms with E-state index in [2.05, 4.69) is 20.9 Å². The van der Waals surface area contributed by atoms with Crippen molar-refractivity contribution < 1.29 is 38.3 Å². The van der Waals surface area contributed by atoms with Crippen LogP contribution in [-0.4, -0.2) is 46.4 Å². The molecule has 0 bridgehead atoms. The molecule has 2 rings (SSSR count). The number of methoxy groups -OCH3 is 1. The number of aromatic nitrogens is 1. The second-order valence-electron chi connectivity index (χ2n) is 10.1. The minimum atomic E-state index is -1.07. The molecule has 0 saturated carbocycles. The number of benzene rings is 1. The number of ether oxygens (including phenoxy) is 4. The zero-order chi connectivity index (χ0) is 29.0. The number of pyridine rings is 1. The van der Waals surface area contributed by atoms with Crippen molar-refractivity contribution in [3.05, 3.63) is 56.2 Å². The molecule has 1 heterocycles. The number of rotatable bonds is 6. The standard InChI is InChI=1S/C25H30BrN3O9/c1-14(18-12-16(29(33)34)9-10-17(18)21(30)35-8)36-19-11-15(26)13-27-20(19)28(22(31)37-24(2,3)4)23(32)38-25(5,6)7/h9-14H,1-8H3. The Morgan fingerprint density at radius 2 is 1.58 bits per heavy atom. The van der Waals surface area contributed by atoms with Gasteiger partial charge in [-0.3, -0.25) is 10.1 Å². The molecule has 0 aliphatic rings. The van der Waals surface area contributed by atoms with Crippen LogP contribution in [0.25, 0.3) is 0 Å². The summed E-state index contributed by atoms with van der Waals surface area (Å²) < 4.78 is 22.1. The van der Waals surface area contributed by atoms with Crippen LogP contribution in [0, 0.1) is 10.1 Å². The molecule has 1 aromatic heterocycles. The largest absolute Gasteiger partial charge is 0.482 e. The smallest absolute Gasteiger partial charge is 0.425 e. The number of amides is 2. The maximum atomic E-state index is 13.1. The summed E-state index contributed by atoms with van der Waals surface area (Å²) in [5.41, 5.74) is -2.03. The number of hydrogen-bond donors (Lipinski definition) is 0. The highest BCUT2D eigenvalue weighted by atomic mass is 79.9. The molecule has 0 fully saturated rings. The van der Waals surface area contributed by atoms with E-state index in [1.807, 2.05) is 0 Å². The van der Waals surface area contributed by atoms with E-state index in [1.54, 1.807) is 41.5 Å². The number of imide groups is 1. The van der Waals surface area contributed by atoms with Crippen LogP contribution >= 0.6 is 15.9 Å². The lowest BCUT2D eigenvalue weighted by Gasteiger charge is -2.29. The topological polar surface area (TPSA) is 147 Å². The fourth-order valence-electron chi connectivity index (χ4n) is 3.08. The third-order valence-corrected chi connectivity index (χ3v) is 4.99. The Morgan fingerprint density at radius 3 is 2.05 bits per heavy atom. The fourth-order valence-corrected chi connectivity index (χ4v) is 3.39. The SMILES string of the molecule is COC(=O)c1ccc([N+](=O)[O-])cc1C(C)Oc1cc(Br)cnc1N(C(=O)OC(C)(C)C)C(=O)OC(C)(C)C. The lowest BCUT2D eigenvalue weighted by atomic mass is 10.0. The van der Waals surface area contributed by atoms with Gasteiger partial charge in [0.25, 0.3) is 5.69 Å². The summed E-state index contributed by atoms with van der Waals surface area (Å²) in [6.07, 6.45) is -1.80. The van der Waals surface area contributed by atoms with Crippen molar-refractivity contribution in [2.75, 3.05) is 12.0 Å². The maximum Gasteiger partial charge on any atom is 0.425 e. The number of nitro benzene ring substituents is 1. The molecule has 13 heteroatoms. The van der Waals surface area contributed by atoms with Crippen molar-refractivity contribution in [2.24, 2.45) is 0 Å². The van der Waals surface area contributed by atoms with E-state index in [1.165, 1.54) is 44.5 Å². The molecule has 0 aliphatic carbocycles. The molecule has 0 aliphatic heterocycles. The van der Waals surface area contributed by atoms with E-state index >= 15 is 0 Å². The number of nitrogens with zero attached hydrogens (tertiary/aromatic N) is 3. The van der Waals surface area contributed by atoms with Crippen molar-refractivity contribution in [1.29, 1.82) is 0 Å². The average molecular weight is 596 g/mol. The van der Waals surface area contributed by atoms with E-state index in [0.717, 1.165) is 0 Å². The van der Waals surface area contributed by atoms with Crippen LogP contribution < -0.4 is 9.64 Å². The van der Waals surface area contributed by atoms with Gasteiger partial charge in [0.1, 0.15) is 17.3 Å². The van der Waals surface area contributed by atoms with Gasteiger partial charge in [0.05, 0.1) is 17.6 Å². The van der Waals surface area contributed by atoms with Gasteiger partial charge in [-0.15, -0.1) is 0 Å². The Kier molecular flexibility index (Phi) is 9.43. The van der Waals surface area contributed by atoms with Crippen LogP contribution in [0.2, 0.25) is 0 Å². The van der Waals surface area contributed by atoms with E-state index in [9.17, 15) is 24.5 Å². The quantitative estimate of drug-likeness (QED) is 0.160. The maximum absolute atomic E-state index is 13.1. The minimum Gasteiger partial charge on any atom is -0.482 e. The predicted octanol–water partition coefficient (Wildman–Crippen LogP) is 6.36.